The molecule has 3 rings (SSSR count). The molecule has 22 heavy (non-hydrogen) atoms. The Morgan fingerprint density at radius 3 is 2.91 bits per heavy atom. The third kappa shape index (κ3) is 3.46. The molecule has 2 amide bonds. The number of carbonyl (C=O) groups excluding carboxylic acids is 1. The van der Waals surface area contributed by atoms with Gasteiger partial charge in [0.15, 0.2) is 0 Å². The highest BCUT2D eigenvalue weighted by molar-refractivity contribution is 5.74. The van der Waals surface area contributed by atoms with E-state index in [0.29, 0.717) is 26.2 Å². The molecule has 6 nitrogen and oxygen atoms in total. The maximum atomic E-state index is 12.1. The van der Waals surface area contributed by atoms with E-state index in [1.54, 1.807) is 11.1 Å². The zero-order valence-electron chi connectivity index (χ0n) is 12.6. The Kier molecular flexibility index (Phi) is 4.39. The van der Waals surface area contributed by atoms with E-state index in [-0.39, 0.29) is 12.1 Å². The molecule has 0 spiro atoms. The molecule has 0 bridgehead atoms. The Bertz CT molecular complexity index is 610. The normalized spacial score (nSPS) is 18.2. The van der Waals surface area contributed by atoms with Gasteiger partial charge in [0, 0.05) is 25.8 Å². The molecular formula is C16H20N4O2. The minimum absolute atomic E-state index is 0.0344. The van der Waals surface area contributed by atoms with Crippen molar-refractivity contribution in [3.63, 3.8) is 0 Å². The lowest BCUT2D eigenvalue weighted by Crippen LogP contribution is -2.48. The van der Waals surface area contributed by atoms with Gasteiger partial charge >= 0.3 is 6.03 Å². The summed E-state index contributed by atoms with van der Waals surface area (Å²) < 4.78 is 5.44. The first-order valence-electron chi connectivity index (χ1n) is 7.45. The summed E-state index contributed by atoms with van der Waals surface area (Å²) in [4.78, 5) is 13.9. The molecular weight excluding hydrogens is 280 g/mol. The molecule has 2 N–H and O–H groups in total. The second-order valence-corrected chi connectivity index (χ2v) is 5.45. The molecule has 1 saturated heterocycles. The van der Waals surface area contributed by atoms with Gasteiger partial charge in [0.05, 0.1) is 18.4 Å². The maximum absolute atomic E-state index is 12.1. The van der Waals surface area contributed by atoms with Crippen molar-refractivity contribution in [1.29, 1.82) is 0 Å². The van der Waals surface area contributed by atoms with E-state index in [4.69, 9.17) is 4.74 Å². The Morgan fingerprint density at radius 2 is 2.23 bits per heavy atom. The fourth-order valence-corrected chi connectivity index (χ4v) is 2.51. The molecule has 2 aromatic rings. The lowest BCUT2D eigenvalue weighted by molar-refractivity contribution is -0.00351. The third-order valence-electron chi connectivity index (χ3n) is 3.74. The predicted molar refractivity (Wildman–Crippen MR) is 83.2 cm³/mol. The average molecular weight is 300 g/mol. The highest BCUT2D eigenvalue weighted by atomic mass is 16.5. The number of hydrogen-bond acceptors (Lipinski definition) is 3. The second-order valence-electron chi connectivity index (χ2n) is 5.45. The van der Waals surface area contributed by atoms with Crippen LogP contribution >= 0.6 is 0 Å². The first-order valence-corrected chi connectivity index (χ1v) is 7.45. The molecule has 1 fully saturated rings. The van der Waals surface area contributed by atoms with Crippen LogP contribution in [0.3, 0.4) is 0 Å². The second kappa shape index (κ2) is 6.62. The molecule has 1 aliphatic heterocycles. The number of H-pyrrole nitrogens is 1. The maximum Gasteiger partial charge on any atom is 0.317 e. The van der Waals surface area contributed by atoms with Gasteiger partial charge in [-0.2, -0.15) is 5.10 Å². The lowest BCUT2D eigenvalue weighted by Gasteiger charge is -2.31. The molecule has 1 aromatic carbocycles. The van der Waals surface area contributed by atoms with Crippen LogP contribution in [0, 0.1) is 0 Å². The van der Waals surface area contributed by atoms with E-state index in [0.717, 1.165) is 16.8 Å². The number of carbonyl (C=O) groups is 1. The molecule has 1 aromatic heterocycles. The van der Waals surface area contributed by atoms with Crippen LogP contribution in [-0.4, -0.2) is 46.9 Å². The number of hydrogen-bond donors (Lipinski definition) is 2. The summed E-state index contributed by atoms with van der Waals surface area (Å²) in [5.41, 5.74) is 3.13. The highest BCUT2D eigenvalue weighted by Gasteiger charge is 2.20. The number of rotatable bonds is 3. The van der Waals surface area contributed by atoms with Gasteiger partial charge in [0.2, 0.25) is 0 Å². The number of benzene rings is 1. The molecule has 0 aliphatic carbocycles. The lowest BCUT2D eigenvalue weighted by atomic mass is 10.1. The van der Waals surface area contributed by atoms with Crippen molar-refractivity contribution in [2.45, 2.75) is 19.6 Å². The van der Waals surface area contributed by atoms with Gasteiger partial charge < -0.3 is 15.0 Å². The summed E-state index contributed by atoms with van der Waals surface area (Å²) in [5.74, 6) is 0. The summed E-state index contributed by atoms with van der Waals surface area (Å²) in [5, 5.41) is 9.83. The number of urea groups is 1. The monoisotopic (exact) mass is 300 g/mol. The van der Waals surface area contributed by atoms with Gasteiger partial charge in [-0.05, 0) is 24.1 Å². The molecule has 2 heterocycles. The molecule has 1 aliphatic rings. The number of nitrogens with one attached hydrogen (secondary N) is 2. The van der Waals surface area contributed by atoms with E-state index in [1.165, 1.54) is 0 Å². The van der Waals surface area contributed by atoms with Crippen molar-refractivity contribution < 1.29 is 9.53 Å². The van der Waals surface area contributed by atoms with E-state index in [9.17, 15) is 4.79 Å². The minimum Gasteiger partial charge on any atom is -0.375 e. The molecule has 0 radical (unpaired) electrons. The van der Waals surface area contributed by atoms with Crippen LogP contribution in [-0.2, 0) is 11.3 Å². The van der Waals surface area contributed by atoms with Gasteiger partial charge in [-0.25, -0.2) is 4.79 Å². The highest BCUT2D eigenvalue weighted by Crippen LogP contribution is 2.16. The quantitative estimate of drug-likeness (QED) is 0.911. The predicted octanol–water partition coefficient (Wildman–Crippen LogP) is 2.01. The fourth-order valence-electron chi connectivity index (χ4n) is 2.51. The van der Waals surface area contributed by atoms with Crippen LogP contribution in [0.1, 0.15) is 12.5 Å². The molecule has 6 heteroatoms. The van der Waals surface area contributed by atoms with Crippen LogP contribution in [0.4, 0.5) is 4.79 Å². The van der Waals surface area contributed by atoms with Gasteiger partial charge in [-0.1, -0.05) is 24.3 Å². The Hall–Kier alpha value is -2.34. The van der Waals surface area contributed by atoms with Crippen LogP contribution in [0.2, 0.25) is 0 Å². The van der Waals surface area contributed by atoms with E-state index < -0.39 is 0 Å². The standard InChI is InChI=1S/C16H20N4O2/c1-12-11-20(8-9-22-12)16(21)17-10-13-2-4-14(5-3-13)15-6-7-18-19-15/h2-7,12H,8-11H2,1H3,(H,17,21)(H,18,19)/t12-/m0/s1. The summed E-state index contributed by atoms with van der Waals surface area (Å²) in [6.07, 6.45) is 1.83. The Morgan fingerprint density at radius 1 is 1.41 bits per heavy atom. The molecule has 1 atom stereocenters. The number of ether oxygens (including phenoxy) is 1. The van der Waals surface area contributed by atoms with Crippen LogP contribution in [0.15, 0.2) is 36.5 Å². The van der Waals surface area contributed by atoms with E-state index >= 15 is 0 Å². The number of amides is 2. The van der Waals surface area contributed by atoms with Crippen molar-refractivity contribution >= 4 is 6.03 Å². The topological polar surface area (TPSA) is 70.2 Å². The fraction of sp³-hybridized carbons (Fsp3) is 0.375. The van der Waals surface area contributed by atoms with Gasteiger partial charge in [-0.15, -0.1) is 0 Å². The first-order chi connectivity index (χ1) is 10.7. The minimum atomic E-state index is -0.0344. The average Bonchev–Trinajstić information content (AvgIpc) is 3.07. The summed E-state index contributed by atoms with van der Waals surface area (Å²) in [6.45, 7) is 4.40. The van der Waals surface area contributed by atoms with Crippen molar-refractivity contribution in [2.24, 2.45) is 0 Å². The third-order valence-corrected chi connectivity index (χ3v) is 3.74. The summed E-state index contributed by atoms with van der Waals surface area (Å²) >= 11 is 0. The Balaban J connectivity index is 1.54. The number of aromatic amines is 1. The van der Waals surface area contributed by atoms with Crippen molar-refractivity contribution in [3.8, 4) is 11.3 Å². The van der Waals surface area contributed by atoms with Gasteiger partial charge in [-0.3, -0.25) is 5.10 Å². The van der Waals surface area contributed by atoms with Crippen molar-refractivity contribution in [1.82, 2.24) is 20.4 Å². The number of morpholine rings is 1. The summed E-state index contributed by atoms with van der Waals surface area (Å²) in [7, 11) is 0. The molecule has 116 valence electrons. The number of aromatic nitrogens is 2. The number of nitrogens with zero attached hydrogens (tertiary/aromatic N) is 2. The molecule has 0 unspecified atom stereocenters. The van der Waals surface area contributed by atoms with Crippen molar-refractivity contribution in [2.75, 3.05) is 19.7 Å². The largest absolute Gasteiger partial charge is 0.375 e. The van der Waals surface area contributed by atoms with Crippen LogP contribution in [0.5, 0.6) is 0 Å². The summed E-state index contributed by atoms with van der Waals surface area (Å²) in [6, 6.07) is 9.96. The van der Waals surface area contributed by atoms with Gasteiger partial charge in [0.25, 0.3) is 0 Å². The van der Waals surface area contributed by atoms with Crippen molar-refractivity contribution in [3.05, 3.63) is 42.1 Å². The van der Waals surface area contributed by atoms with E-state index in [2.05, 4.69) is 15.5 Å². The van der Waals surface area contributed by atoms with Crippen LogP contribution < -0.4 is 5.32 Å². The Labute approximate surface area is 129 Å². The van der Waals surface area contributed by atoms with E-state index in [1.807, 2.05) is 37.3 Å². The zero-order valence-corrected chi connectivity index (χ0v) is 12.6. The SMILES string of the molecule is C[C@H]1CN(C(=O)NCc2ccc(-c3ccn[nH]3)cc2)CCO1. The molecule has 0 saturated carbocycles. The zero-order chi connectivity index (χ0) is 15.4. The smallest absolute Gasteiger partial charge is 0.317 e. The first kappa shape index (κ1) is 14.6. The van der Waals surface area contributed by atoms with Gasteiger partial charge in [0.1, 0.15) is 0 Å². The van der Waals surface area contributed by atoms with Crippen LogP contribution in [0.25, 0.3) is 11.3 Å².